The van der Waals surface area contributed by atoms with Crippen molar-refractivity contribution in [2.75, 3.05) is 7.11 Å². The van der Waals surface area contributed by atoms with Crippen LogP contribution in [0.4, 0.5) is 0 Å². The maximum Gasteiger partial charge on any atom is 0.305 e. The fourth-order valence-corrected chi connectivity index (χ4v) is 8.96. The Labute approximate surface area is 191 Å². The number of carbonyl (C=O) groups excluding carboxylic acids is 1. The Morgan fingerprint density at radius 1 is 1.19 bits per heavy atom. The number of aliphatic hydroxyl groups excluding tert-OH is 2. The van der Waals surface area contributed by atoms with Crippen LogP contribution >= 0.6 is 0 Å². The molecule has 0 aliphatic heterocycles. The number of hydrogen-bond donors (Lipinski definition) is 2. The molecule has 4 aliphatic carbocycles. The SMILES string of the molecule is COC(=O)CC[C@H](C)[C@H]1CCC2C3C(O)C[C@@H]4C[C@@H](N=[N+]=[N-])CC[C@]4(C)C3C[C@H](O)[C@@]21C. The van der Waals surface area contributed by atoms with Crippen LogP contribution in [0, 0.1) is 46.3 Å². The summed E-state index contributed by atoms with van der Waals surface area (Å²) in [6, 6.07) is 0.0344. The molecule has 0 aromatic rings. The van der Waals surface area contributed by atoms with Crippen molar-refractivity contribution in [3.05, 3.63) is 10.4 Å². The van der Waals surface area contributed by atoms with Crippen LogP contribution in [-0.4, -0.2) is 41.5 Å². The molecule has 0 amide bonds. The van der Waals surface area contributed by atoms with E-state index in [1.807, 2.05) is 0 Å². The summed E-state index contributed by atoms with van der Waals surface area (Å²) in [6.45, 7) is 6.84. The third kappa shape index (κ3) is 3.65. The predicted molar refractivity (Wildman–Crippen MR) is 121 cm³/mol. The first kappa shape index (κ1) is 23.8. The Morgan fingerprint density at radius 3 is 2.62 bits per heavy atom. The van der Waals surface area contributed by atoms with Gasteiger partial charge >= 0.3 is 5.97 Å². The van der Waals surface area contributed by atoms with Gasteiger partial charge in [0.2, 0.25) is 0 Å². The van der Waals surface area contributed by atoms with Crippen LogP contribution in [0.25, 0.3) is 10.4 Å². The van der Waals surface area contributed by atoms with Gasteiger partial charge < -0.3 is 14.9 Å². The van der Waals surface area contributed by atoms with Crippen LogP contribution in [0.5, 0.6) is 0 Å². The van der Waals surface area contributed by atoms with Crippen molar-refractivity contribution in [2.24, 2.45) is 51.5 Å². The zero-order chi connectivity index (χ0) is 23.3. The topological polar surface area (TPSA) is 116 Å². The first-order valence-corrected chi connectivity index (χ1v) is 12.6. The average Bonchev–Trinajstić information content (AvgIpc) is 3.12. The second-order valence-electron chi connectivity index (χ2n) is 11.8. The second kappa shape index (κ2) is 8.81. The highest BCUT2D eigenvalue weighted by atomic mass is 16.5. The lowest BCUT2D eigenvalue weighted by Gasteiger charge is -2.63. The number of esters is 1. The summed E-state index contributed by atoms with van der Waals surface area (Å²) in [5, 5.41) is 27.0. The molecule has 180 valence electrons. The number of ether oxygens (including phenoxy) is 1. The van der Waals surface area contributed by atoms with Gasteiger partial charge in [-0.25, -0.2) is 0 Å². The van der Waals surface area contributed by atoms with Crippen molar-refractivity contribution in [1.82, 2.24) is 0 Å². The van der Waals surface area contributed by atoms with E-state index in [-0.39, 0.29) is 41.0 Å². The normalized spacial score (nSPS) is 48.6. The number of fused-ring (bicyclic) bond motifs is 5. The second-order valence-corrected chi connectivity index (χ2v) is 11.8. The molecule has 11 atom stereocenters. The Bertz CT molecular complexity index is 770. The maximum absolute atomic E-state index is 11.7. The average molecular weight is 448 g/mol. The lowest BCUT2D eigenvalue weighted by atomic mass is 9.43. The van der Waals surface area contributed by atoms with Gasteiger partial charge in [0, 0.05) is 17.4 Å². The number of nitrogens with zero attached hydrogens (tertiary/aromatic N) is 3. The molecule has 0 aromatic heterocycles. The molecule has 0 bridgehead atoms. The third-order valence-corrected chi connectivity index (χ3v) is 10.8. The van der Waals surface area contributed by atoms with E-state index in [1.165, 1.54) is 7.11 Å². The molecule has 7 nitrogen and oxygen atoms in total. The zero-order valence-corrected chi connectivity index (χ0v) is 20.1. The number of carbonyl (C=O) groups is 1. The van der Waals surface area contributed by atoms with Crippen LogP contribution in [0.2, 0.25) is 0 Å². The van der Waals surface area contributed by atoms with E-state index in [0.29, 0.717) is 36.0 Å². The molecule has 4 aliphatic rings. The van der Waals surface area contributed by atoms with Gasteiger partial charge in [0.25, 0.3) is 0 Å². The van der Waals surface area contributed by atoms with Gasteiger partial charge in [-0.05, 0) is 103 Å². The van der Waals surface area contributed by atoms with Crippen molar-refractivity contribution in [3.63, 3.8) is 0 Å². The van der Waals surface area contributed by atoms with Gasteiger partial charge in [-0.15, -0.1) is 0 Å². The summed E-state index contributed by atoms with van der Waals surface area (Å²) in [5.74, 6) is 1.70. The predicted octanol–water partition coefficient (Wildman–Crippen LogP) is 4.86. The van der Waals surface area contributed by atoms with Crippen molar-refractivity contribution < 1.29 is 19.7 Å². The van der Waals surface area contributed by atoms with E-state index < -0.39 is 0 Å². The number of methoxy groups -OCH3 is 1. The van der Waals surface area contributed by atoms with Gasteiger partial charge in [0.05, 0.1) is 19.3 Å². The van der Waals surface area contributed by atoms with Gasteiger partial charge in [-0.2, -0.15) is 0 Å². The Hall–Kier alpha value is -1.30. The van der Waals surface area contributed by atoms with Crippen molar-refractivity contribution in [1.29, 1.82) is 0 Å². The molecule has 0 saturated heterocycles. The highest BCUT2D eigenvalue weighted by Gasteiger charge is 2.65. The first-order valence-electron chi connectivity index (χ1n) is 12.6. The minimum Gasteiger partial charge on any atom is -0.469 e. The largest absolute Gasteiger partial charge is 0.469 e. The maximum atomic E-state index is 11.7. The number of hydrogen-bond acceptors (Lipinski definition) is 5. The molecule has 7 heteroatoms. The third-order valence-electron chi connectivity index (χ3n) is 10.8. The van der Waals surface area contributed by atoms with Crippen LogP contribution in [0.1, 0.15) is 78.6 Å². The summed E-state index contributed by atoms with van der Waals surface area (Å²) in [6.07, 6.45) is 6.83. The summed E-state index contributed by atoms with van der Waals surface area (Å²) >= 11 is 0. The van der Waals surface area contributed by atoms with Crippen molar-refractivity contribution in [2.45, 2.75) is 96.8 Å². The molecule has 32 heavy (non-hydrogen) atoms. The standard InChI is InChI=1S/C25H41N3O4/c1-14(5-8-22(31)32-4)17-6-7-18-23-19(13-21(30)25(17,18)3)24(2)10-9-16(27-28-26)11-15(24)12-20(23)29/h14-21,23,29-30H,5-13H2,1-4H3/t14-,15-,16-,17+,18?,19?,20?,21-,23?,24-,25+/m0/s1. The molecule has 0 spiro atoms. The highest BCUT2D eigenvalue weighted by molar-refractivity contribution is 5.69. The molecule has 4 rings (SSSR count). The van der Waals surface area contributed by atoms with Gasteiger partial charge in [-0.3, -0.25) is 4.79 Å². The summed E-state index contributed by atoms with van der Waals surface area (Å²) in [4.78, 5) is 14.7. The summed E-state index contributed by atoms with van der Waals surface area (Å²) < 4.78 is 4.84. The summed E-state index contributed by atoms with van der Waals surface area (Å²) in [7, 11) is 1.43. The van der Waals surface area contributed by atoms with E-state index in [0.717, 1.165) is 51.4 Å². The van der Waals surface area contributed by atoms with E-state index in [9.17, 15) is 15.0 Å². The lowest BCUT2D eigenvalue weighted by Crippen LogP contribution is -2.62. The minimum atomic E-state index is -0.389. The molecule has 0 radical (unpaired) electrons. The highest BCUT2D eigenvalue weighted by Crippen LogP contribution is 2.68. The summed E-state index contributed by atoms with van der Waals surface area (Å²) in [5.41, 5.74) is 8.75. The smallest absolute Gasteiger partial charge is 0.305 e. The van der Waals surface area contributed by atoms with Gasteiger partial charge in [0.15, 0.2) is 0 Å². The van der Waals surface area contributed by atoms with E-state index in [2.05, 4.69) is 30.8 Å². The molecule has 4 unspecified atom stereocenters. The first-order chi connectivity index (χ1) is 15.2. The monoisotopic (exact) mass is 447 g/mol. The van der Waals surface area contributed by atoms with Crippen LogP contribution in [-0.2, 0) is 9.53 Å². The van der Waals surface area contributed by atoms with Crippen LogP contribution < -0.4 is 0 Å². The quantitative estimate of drug-likeness (QED) is 0.271. The van der Waals surface area contributed by atoms with E-state index >= 15 is 0 Å². The Morgan fingerprint density at radius 2 is 1.94 bits per heavy atom. The number of rotatable bonds is 5. The zero-order valence-electron chi connectivity index (χ0n) is 20.1. The molecule has 0 heterocycles. The van der Waals surface area contributed by atoms with Crippen LogP contribution in [0.3, 0.4) is 0 Å². The Balaban J connectivity index is 1.57. The lowest BCUT2D eigenvalue weighted by molar-refractivity contribution is -0.202. The van der Waals surface area contributed by atoms with Crippen molar-refractivity contribution >= 4 is 5.97 Å². The van der Waals surface area contributed by atoms with Gasteiger partial charge in [-0.1, -0.05) is 25.9 Å². The fourth-order valence-electron chi connectivity index (χ4n) is 8.96. The Kier molecular flexibility index (Phi) is 6.56. The van der Waals surface area contributed by atoms with Crippen molar-refractivity contribution in [3.8, 4) is 0 Å². The molecule has 4 saturated carbocycles. The molecule has 0 aromatic carbocycles. The fraction of sp³-hybridized carbons (Fsp3) is 0.960. The van der Waals surface area contributed by atoms with E-state index in [1.54, 1.807) is 0 Å². The number of aliphatic hydroxyl groups is 2. The minimum absolute atomic E-state index is 0.0344. The van der Waals surface area contributed by atoms with Gasteiger partial charge in [0.1, 0.15) is 0 Å². The molecular weight excluding hydrogens is 406 g/mol. The van der Waals surface area contributed by atoms with Crippen LogP contribution in [0.15, 0.2) is 5.11 Å². The molecular formula is C25H41N3O4. The van der Waals surface area contributed by atoms with E-state index in [4.69, 9.17) is 10.3 Å². The molecule has 2 N–H and O–H groups in total. The number of azide groups is 1. The molecule has 4 fully saturated rings.